The van der Waals surface area contributed by atoms with Crippen molar-refractivity contribution in [2.75, 3.05) is 34.8 Å². The Labute approximate surface area is 95.3 Å². The summed E-state index contributed by atoms with van der Waals surface area (Å²) in [5.74, 6) is -1.44. The van der Waals surface area contributed by atoms with Gasteiger partial charge < -0.3 is 9.90 Å². The fourth-order valence-electron chi connectivity index (χ4n) is 0.230. The first-order valence-electron chi connectivity index (χ1n) is 4.30. The molecule has 2 N–H and O–H groups in total. The maximum Gasteiger partial charge on any atom is 0.397 e. The molecule has 0 bridgehead atoms. The molecule has 0 aliphatic rings. The zero-order valence-corrected chi connectivity index (χ0v) is 10.6. The van der Waals surface area contributed by atoms with Gasteiger partial charge in [-0.1, -0.05) is 0 Å². The third kappa shape index (κ3) is 23.2. The Kier molecular flexibility index (Phi) is 8.29. The van der Waals surface area contributed by atoms with E-state index in [2.05, 4.69) is 30.8 Å². The molecule has 0 saturated heterocycles. The van der Waals surface area contributed by atoms with Gasteiger partial charge in [-0.05, 0) is 0 Å². The molecule has 0 amide bonds. The van der Waals surface area contributed by atoms with Crippen LogP contribution in [-0.4, -0.2) is 58.3 Å². The number of hydrogen-bond acceptors (Lipinski definition) is 6. The molecule has 9 heteroatoms. The van der Waals surface area contributed by atoms with Crippen molar-refractivity contribution >= 4 is 16.4 Å². The van der Waals surface area contributed by atoms with Gasteiger partial charge in [-0.2, -0.15) is 13.8 Å². The third-order valence-corrected chi connectivity index (χ3v) is 1.67. The van der Waals surface area contributed by atoms with Gasteiger partial charge >= 0.3 is 10.4 Å². The van der Waals surface area contributed by atoms with Crippen molar-refractivity contribution in [3.8, 4) is 0 Å². The number of quaternary nitrogens is 1. The second-order valence-electron chi connectivity index (χ2n) is 3.61. The van der Waals surface area contributed by atoms with E-state index in [1.54, 1.807) is 0 Å². The smallest absolute Gasteiger partial charge is 0.397 e. The van der Waals surface area contributed by atoms with Crippen LogP contribution in [0.15, 0.2) is 0 Å². The van der Waals surface area contributed by atoms with Gasteiger partial charge in [0.25, 0.3) is 0 Å². The first-order valence-corrected chi connectivity index (χ1v) is 5.66. The standard InChI is InChI=1S/C4H13N2.C3H6O6S/c1-5-6(2,3)4;4-3(5)1-2-9-10(6,7)8/h5H,1-4H3;1-2H2,(H,4,5)(H,6,7,8)/q+1;/p-1. The number of aliphatic carboxylic acids is 1. The quantitative estimate of drug-likeness (QED) is 0.326. The second kappa shape index (κ2) is 7.52. The summed E-state index contributed by atoms with van der Waals surface area (Å²) < 4.78 is 31.8. The molecule has 0 spiro atoms. The van der Waals surface area contributed by atoms with Gasteiger partial charge in [-0.3, -0.25) is 9.14 Å². The summed E-state index contributed by atoms with van der Waals surface area (Å²) >= 11 is 0. The summed E-state index contributed by atoms with van der Waals surface area (Å²) in [4.78, 5) is 9.62. The fraction of sp³-hybridized carbons (Fsp3) is 0.857. The number of carboxylic acid groups (broad SMARTS) is 1. The zero-order chi connectivity index (χ0) is 13.4. The maximum absolute atomic E-state index is 9.73. The highest BCUT2D eigenvalue weighted by molar-refractivity contribution is 7.80. The number of carboxylic acids is 1. The largest absolute Gasteiger partial charge is 0.550 e. The summed E-state index contributed by atoms with van der Waals surface area (Å²) in [5.41, 5.74) is 3.04. The van der Waals surface area contributed by atoms with Gasteiger partial charge in [-0.25, -0.2) is 4.18 Å². The van der Waals surface area contributed by atoms with Gasteiger partial charge in [0, 0.05) is 19.4 Å². The molecule has 0 unspecified atom stereocenters. The first kappa shape index (κ1) is 17.6. The minimum absolute atomic E-state index is 0.570. The van der Waals surface area contributed by atoms with Gasteiger partial charge in [0.1, 0.15) is 0 Å². The van der Waals surface area contributed by atoms with E-state index in [1.807, 2.05) is 7.05 Å². The number of hydrogen-bond donors (Lipinski definition) is 2. The highest BCUT2D eigenvalue weighted by Gasteiger charge is 2.02. The molecule has 0 atom stereocenters. The molecule has 0 aliphatic heterocycles. The van der Waals surface area contributed by atoms with E-state index in [4.69, 9.17) is 4.55 Å². The second-order valence-corrected chi connectivity index (χ2v) is 4.70. The Bertz CT molecular complexity index is 294. The highest BCUT2D eigenvalue weighted by Crippen LogP contribution is 1.87. The topological polar surface area (TPSA) is 116 Å². The van der Waals surface area contributed by atoms with Crippen LogP contribution in [0, 0.1) is 0 Å². The van der Waals surface area contributed by atoms with Crippen LogP contribution >= 0.6 is 0 Å². The molecule has 0 fully saturated rings. The van der Waals surface area contributed by atoms with Crippen LogP contribution in [0.4, 0.5) is 0 Å². The van der Waals surface area contributed by atoms with E-state index < -0.39 is 29.4 Å². The Morgan fingerprint density at radius 2 is 1.81 bits per heavy atom. The average Bonchev–Trinajstić information content (AvgIpc) is 2.00. The van der Waals surface area contributed by atoms with E-state index in [0.29, 0.717) is 0 Å². The van der Waals surface area contributed by atoms with Gasteiger partial charge in [-0.15, -0.1) is 0 Å². The van der Waals surface area contributed by atoms with Crippen molar-refractivity contribution in [1.82, 2.24) is 5.43 Å². The lowest BCUT2D eigenvalue weighted by molar-refractivity contribution is -0.913. The van der Waals surface area contributed by atoms with Crippen LogP contribution in [-0.2, 0) is 19.4 Å². The van der Waals surface area contributed by atoms with E-state index >= 15 is 0 Å². The molecular weight excluding hydrogens is 240 g/mol. The molecule has 0 rings (SSSR count). The van der Waals surface area contributed by atoms with Gasteiger partial charge in [0.15, 0.2) is 0 Å². The number of carbonyl (C=O) groups is 1. The number of rotatable bonds is 5. The van der Waals surface area contributed by atoms with Crippen LogP contribution in [0.2, 0.25) is 0 Å². The average molecular weight is 258 g/mol. The highest BCUT2D eigenvalue weighted by atomic mass is 32.3. The van der Waals surface area contributed by atoms with Crippen molar-refractivity contribution in [1.29, 1.82) is 0 Å². The molecule has 0 saturated carbocycles. The minimum atomic E-state index is -4.51. The van der Waals surface area contributed by atoms with E-state index in [9.17, 15) is 18.3 Å². The molecule has 0 aliphatic carbocycles. The summed E-state index contributed by atoms with van der Waals surface area (Å²) in [7, 11) is 3.63. The number of carbonyl (C=O) groups excluding carboxylic acids is 1. The molecule has 0 aromatic heterocycles. The fourth-order valence-corrected chi connectivity index (χ4v) is 0.524. The molecule has 0 heterocycles. The van der Waals surface area contributed by atoms with Crippen molar-refractivity contribution < 1.29 is 31.6 Å². The lowest BCUT2D eigenvalue weighted by Crippen LogP contribution is -2.45. The Balaban J connectivity index is 0. The molecule has 98 valence electrons. The van der Waals surface area contributed by atoms with Crippen molar-refractivity contribution in [2.45, 2.75) is 6.42 Å². The predicted molar refractivity (Wildman–Crippen MR) is 54.2 cm³/mol. The van der Waals surface area contributed by atoms with E-state index in [0.717, 1.165) is 4.59 Å². The summed E-state index contributed by atoms with van der Waals surface area (Å²) in [5, 5.41) is 9.62. The maximum atomic E-state index is 9.73. The zero-order valence-electron chi connectivity index (χ0n) is 9.76. The van der Waals surface area contributed by atoms with E-state index in [-0.39, 0.29) is 0 Å². The van der Waals surface area contributed by atoms with Crippen LogP contribution in [0.5, 0.6) is 0 Å². The normalized spacial score (nSPS) is 11.6. The summed E-state index contributed by atoms with van der Waals surface area (Å²) in [6.07, 6.45) is -0.570. The SMILES string of the molecule is CN[N+](C)(C)C.O=C([O-])CCOS(=O)(=O)O. The van der Waals surface area contributed by atoms with Crippen LogP contribution in [0.25, 0.3) is 0 Å². The molecular formula is C7H18N2O6S. The first-order chi connectivity index (χ1) is 6.98. The number of nitrogens with zero attached hydrogens (tertiary/aromatic N) is 1. The molecule has 0 aromatic rings. The molecule has 0 aromatic carbocycles. The van der Waals surface area contributed by atoms with Crippen molar-refractivity contribution in [2.24, 2.45) is 0 Å². The van der Waals surface area contributed by atoms with Crippen LogP contribution < -0.4 is 10.5 Å². The van der Waals surface area contributed by atoms with Crippen LogP contribution in [0.1, 0.15) is 6.42 Å². The van der Waals surface area contributed by atoms with Crippen molar-refractivity contribution in [3.05, 3.63) is 0 Å². The lowest BCUT2D eigenvalue weighted by Gasteiger charge is -2.20. The molecule has 16 heavy (non-hydrogen) atoms. The Morgan fingerprint density at radius 3 is 2.00 bits per heavy atom. The monoisotopic (exact) mass is 258 g/mol. The van der Waals surface area contributed by atoms with E-state index in [1.165, 1.54) is 0 Å². The Hall–Kier alpha value is -0.740. The molecule has 8 nitrogen and oxygen atoms in total. The van der Waals surface area contributed by atoms with Gasteiger partial charge in [0.2, 0.25) is 0 Å². The number of nitrogens with one attached hydrogen (secondary N) is 1. The van der Waals surface area contributed by atoms with Gasteiger partial charge in [0.05, 0.1) is 27.7 Å². The molecule has 0 radical (unpaired) electrons. The predicted octanol–water partition coefficient (Wildman–Crippen LogP) is -2.23. The summed E-state index contributed by atoms with van der Waals surface area (Å²) in [6.45, 7) is -0.610. The third-order valence-electron chi connectivity index (χ3n) is 1.21. The lowest BCUT2D eigenvalue weighted by atomic mass is 10.5. The Morgan fingerprint density at radius 1 is 1.44 bits per heavy atom. The van der Waals surface area contributed by atoms with Crippen molar-refractivity contribution in [3.63, 3.8) is 0 Å². The minimum Gasteiger partial charge on any atom is -0.550 e. The summed E-state index contributed by atoms with van der Waals surface area (Å²) in [6, 6.07) is 0. The van der Waals surface area contributed by atoms with Crippen LogP contribution in [0.3, 0.4) is 0 Å².